The number of aromatic nitrogens is 1. The molecule has 9 heteroatoms. The van der Waals surface area contributed by atoms with Crippen molar-refractivity contribution in [1.82, 2.24) is 4.98 Å². The summed E-state index contributed by atoms with van der Waals surface area (Å²) in [6.07, 6.45) is -1.47. The third-order valence-corrected chi connectivity index (χ3v) is 6.99. The number of sulfonamides is 1. The molecule has 0 amide bonds. The third-order valence-electron chi connectivity index (χ3n) is 5.59. The molecule has 0 atom stereocenters. The summed E-state index contributed by atoms with van der Waals surface area (Å²) in [7, 11) is -2.32. The smallest absolute Gasteiger partial charge is 0.497 e. The molecular formula is C26H26N2O6S. The fourth-order valence-corrected chi connectivity index (χ4v) is 4.86. The molecule has 182 valence electrons. The number of aromatic amines is 1. The molecule has 0 aliphatic heterocycles. The van der Waals surface area contributed by atoms with Gasteiger partial charge in [-0.2, -0.15) is 0 Å². The Kier molecular flexibility index (Phi) is 6.21. The van der Waals surface area contributed by atoms with Crippen molar-refractivity contribution in [2.75, 3.05) is 11.8 Å². The van der Waals surface area contributed by atoms with Crippen LogP contribution in [0.3, 0.4) is 0 Å². The van der Waals surface area contributed by atoms with Crippen molar-refractivity contribution in [1.29, 1.82) is 0 Å². The number of carbonyl (C=O) groups is 1. The zero-order valence-corrected chi connectivity index (χ0v) is 20.6. The van der Waals surface area contributed by atoms with Crippen LogP contribution in [-0.2, 0) is 15.4 Å². The average Bonchev–Trinajstić information content (AvgIpc) is 3.14. The van der Waals surface area contributed by atoms with Crippen molar-refractivity contribution >= 4 is 32.8 Å². The highest BCUT2D eigenvalue weighted by atomic mass is 32.2. The number of rotatable bonds is 6. The summed E-state index contributed by atoms with van der Waals surface area (Å²) in [5.41, 5.74) is 2.95. The summed E-state index contributed by atoms with van der Waals surface area (Å²) < 4.78 is 39.0. The quantitative estimate of drug-likeness (QED) is 0.283. The van der Waals surface area contributed by atoms with Crippen LogP contribution in [0, 0.1) is 0 Å². The lowest BCUT2D eigenvalue weighted by Gasteiger charge is -2.19. The molecule has 0 saturated carbocycles. The zero-order chi connectivity index (χ0) is 25.4. The van der Waals surface area contributed by atoms with Gasteiger partial charge in [0.15, 0.2) is 0 Å². The summed E-state index contributed by atoms with van der Waals surface area (Å²) in [6.45, 7) is 6.18. The van der Waals surface area contributed by atoms with E-state index in [-0.39, 0.29) is 16.2 Å². The van der Waals surface area contributed by atoms with Crippen LogP contribution < -0.4 is 14.2 Å². The van der Waals surface area contributed by atoms with Gasteiger partial charge < -0.3 is 19.6 Å². The molecule has 8 nitrogen and oxygen atoms in total. The topological polar surface area (TPSA) is 118 Å². The van der Waals surface area contributed by atoms with Gasteiger partial charge in [-0.05, 0) is 59.0 Å². The highest BCUT2D eigenvalue weighted by Gasteiger charge is 2.21. The van der Waals surface area contributed by atoms with Crippen LogP contribution in [-0.4, -0.2) is 31.8 Å². The fraction of sp³-hybridized carbons (Fsp3) is 0.192. The van der Waals surface area contributed by atoms with E-state index in [0.717, 1.165) is 5.56 Å². The third kappa shape index (κ3) is 5.09. The molecular weight excluding hydrogens is 468 g/mol. The Morgan fingerprint density at radius 2 is 1.71 bits per heavy atom. The highest BCUT2D eigenvalue weighted by molar-refractivity contribution is 7.92. The summed E-state index contributed by atoms with van der Waals surface area (Å²) in [4.78, 5) is 14.4. The lowest BCUT2D eigenvalue weighted by Crippen LogP contribution is -2.14. The van der Waals surface area contributed by atoms with Gasteiger partial charge in [-0.25, -0.2) is 13.2 Å². The second-order valence-electron chi connectivity index (χ2n) is 9.07. The predicted octanol–water partition coefficient (Wildman–Crippen LogP) is 6.00. The Hall–Kier alpha value is -3.98. The monoisotopic (exact) mass is 494 g/mol. The predicted molar refractivity (Wildman–Crippen MR) is 135 cm³/mol. The summed E-state index contributed by atoms with van der Waals surface area (Å²) in [5.74, 6) is 0.604. The first-order valence-corrected chi connectivity index (χ1v) is 12.3. The average molecular weight is 495 g/mol. The number of ether oxygens (including phenoxy) is 2. The molecule has 3 aromatic carbocycles. The molecule has 0 aliphatic carbocycles. The number of benzene rings is 3. The van der Waals surface area contributed by atoms with E-state index in [0.29, 0.717) is 33.5 Å². The maximum atomic E-state index is 13.0. The van der Waals surface area contributed by atoms with Crippen LogP contribution in [0.15, 0.2) is 71.6 Å². The number of hydrogen-bond acceptors (Lipinski definition) is 5. The van der Waals surface area contributed by atoms with Crippen molar-refractivity contribution in [2.45, 2.75) is 31.1 Å². The summed E-state index contributed by atoms with van der Waals surface area (Å²) >= 11 is 0. The van der Waals surface area contributed by atoms with E-state index in [1.807, 2.05) is 0 Å². The zero-order valence-electron chi connectivity index (χ0n) is 19.7. The second-order valence-corrected chi connectivity index (χ2v) is 10.8. The Balaban J connectivity index is 1.76. The van der Waals surface area contributed by atoms with Gasteiger partial charge in [0.05, 0.1) is 17.6 Å². The lowest BCUT2D eigenvalue weighted by molar-refractivity contribution is 0.143. The minimum Gasteiger partial charge on any atom is -0.497 e. The van der Waals surface area contributed by atoms with Crippen LogP contribution in [0.25, 0.3) is 22.0 Å². The molecule has 0 spiro atoms. The molecule has 0 aliphatic rings. The van der Waals surface area contributed by atoms with E-state index in [4.69, 9.17) is 9.47 Å². The van der Waals surface area contributed by atoms with Crippen molar-refractivity contribution in [3.8, 4) is 22.8 Å². The Labute approximate surface area is 203 Å². The Bertz CT molecular complexity index is 1500. The highest BCUT2D eigenvalue weighted by Crippen LogP contribution is 2.40. The van der Waals surface area contributed by atoms with Gasteiger partial charge in [-0.3, -0.25) is 4.72 Å². The first-order chi connectivity index (χ1) is 16.5. The molecule has 0 saturated heterocycles. The van der Waals surface area contributed by atoms with Gasteiger partial charge >= 0.3 is 6.16 Å². The number of anilines is 1. The van der Waals surface area contributed by atoms with E-state index in [2.05, 4.69) is 30.5 Å². The molecule has 0 unspecified atom stereocenters. The van der Waals surface area contributed by atoms with Crippen LogP contribution in [0.1, 0.15) is 26.3 Å². The number of H-pyrrole nitrogens is 1. The fourth-order valence-electron chi connectivity index (χ4n) is 3.81. The number of hydrogen-bond donors (Lipinski definition) is 3. The minimum atomic E-state index is -3.85. The summed E-state index contributed by atoms with van der Waals surface area (Å²) in [6, 6.07) is 18.7. The number of fused-ring (bicyclic) bond motifs is 1. The van der Waals surface area contributed by atoms with Gasteiger partial charge in [-0.15, -0.1) is 0 Å². The SMILES string of the molecule is COc1cccc(-c2c(OC(=O)O)[nH]c3ccc(NS(=O)(=O)c4ccc(C(C)(C)C)cc4)cc23)c1. The van der Waals surface area contributed by atoms with E-state index in [9.17, 15) is 18.3 Å². The van der Waals surface area contributed by atoms with Crippen molar-refractivity contribution in [3.63, 3.8) is 0 Å². The number of nitrogens with one attached hydrogen (secondary N) is 2. The maximum Gasteiger partial charge on any atom is 0.512 e. The van der Waals surface area contributed by atoms with Gasteiger partial charge in [0, 0.05) is 16.6 Å². The molecule has 4 rings (SSSR count). The largest absolute Gasteiger partial charge is 0.512 e. The lowest BCUT2D eigenvalue weighted by atomic mass is 9.87. The number of methoxy groups -OCH3 is 1. The van der Waals surface area contributed by atoms with Crippen LogP contribution in [0.4, 0.5) is 10.5 Å². The molecule has 3 N–H and O–H groups in total. The van der Waals surface area contributed by atoms with E-state index >= 15 is 0 Å². The molecule has 4 aromatic rings. The van der Waals surface area contributed by atoms with E-state index in [1.54, 1.807) is 66.7 Å². The van der Waals surface area contributed by atoms with Crippen LogP contribution >= 0.6 is 0 Å². The first-order valence-electron chi connectivity index (χ1n) is 10.8. The number of carboxylic acid groups (broad SMARTS) is 1. The Morgan fingerprint density at radius 1 is 1.00 bits per heavy atom. The summed E-state index contributed by atoms with van der Waals surface area (Å²) in [5, 5.41) is 9.79. The van der Waals surface area contributed by atoms with Crippen LogP contribution in [0.5, 0.6) is 11.6 Å². The van der Waals surface area contributed by atoms with E-state index in [1.165, 1.54) is 7.11 Å². The molecule has 0 radical (unpaired) electrons. The van der Waals surface area contributed by atoms with Gasteiger partial charge in [0.2, 0.25) is 5.88 Å². The Morgan fingerprint density at radius 3 is 2.34 bits per heavy atom. The van der Waals surface area contributed by atoms with Gasteiger partial charge in [0.1, 0.15) is 5.75 Å². The van der Waals surface area contributed by atoms with Crippen LogP contribution in [0.2, 0.25) is 0 Å². The second kappa shape index (κ2) is 8.99. The molecule has 1 aromatic heterocycles. The minimum absolute atomic E-state index is 0.0264. The normalized spacial score (nSPS) is 11.9. The van der Waals surface area contributed by atoms with Crippen molar-refractivity contribution in [3.05, 3.63) is 72.3 Å². The molecule has 35 heavy (non-hydrogen) atoms. The molecule has 0 fully saturated rings. The molecule has 1 heterocycles. The van der Waals surface area contributed by atoms with Crippen molar-refractivity contribution < 1.29 is 27.8 Å². The molecule has 0 bridgehead atoms. The maximum absolute atomic E-state index is 13.0. The standard InChI is InChI=1S/C26H26N2O6S/c1-26(2,3)17-8-11-20(12-9-17)35(31,32)28-18-10-13-22-21(15-18)23(24(27-22)34-25(29)30)16-6-5-7-19(14-16)33-4/h5-15,27-28H,1-4H3,(H,29,30). The van der Waals surface area contributed by atoms with Gasteiger partial charge in [-0.1, -0.05) is 45.0 Å². The van der Waals surface area contributed by atoms with Crippen molar-refractivity contribution in [2.24, 2.45) is 0 Å². The first kappa shape index (κ1) is 24.2. The van der Waals surface area contributed by atoms with E-state index < -0.39 is 16.2 Å². The van der Waals surface area contributed by atoms with Gasteiger partial charge in [0.25, 0.3) is 10.0 Å².